The molecule has 1 aliphatic heterocycles. The summed E-state index contributed by atoms with van der Waals surface area (Å²) in [7, 11) is -4.04. The Hall–Kier alpha value is -2.53. The zero-order valence-corrected chi connectivity index (χ0v) is 16.3. The average molecular weight is 409 g/mol. The molecule has 2 heterocycles. The van der Waals surface area contributed by atoms with Crippen molar-refractivity contribution < 1.29 is 18.0 Å². The van der Waals surface area contributed by atoms with Crippen molar-refractivity contribution in [2.24, 2.45) is 0 Å². The van der Waals surface area contributed by atoms with Gasteiger partial charge in [-0.2, -0.15) is 8.42 Å². The molecular weight excluding hydrogens is 390 g/mol. The van der Waals surface area contributed by atoms with E-state index >= 15 is 0 Å². The molecule has 2 amide bonds. The van der Waals surface area contributed by atoms with E-state index in [9.17, 15) is 18.0 Å². The Kier molecular flexibility index (Phi) is 5.71. The third kappa shape index (κ3) is 4.61. The van der Waals surface area contributed by atoms with Gasteiger partial charge in [0.1, 0.15) is 0 Å². The summed E-state index contributed by atoms with van der Waals surface area (Å²) in [5.41, 5.74) is 0.471. The summed E-state index contributed by atoms with van der Waals surface area (Å²) in [4.78, 5) is 25.6. The highest BCUT2D eigenvalue weighted by molar-refractivity contribution is 7.94. The standard InChI is InChI=1S/C16H19N5O4S2/c1-11(22)17-15-18-19-16(26-15)27(24,25)20-13-8-4-3-7-12(13)14(23)21-9-5-2-6-10-21/h3-4,7-8,20H,2,5-6,9-10H2,1H3,(H,17,18,22). The molecule has 27 heavy (non-hydrogen) atoms. The maximum absolute atomic E-state index is 12.8. The van der Waals surface area contributed by atoms with Crippen molar-refractivity contribution in [1.82, 2.24) is 15.1 Å². The summed E-state index contributed by atoms with van der Waals surface area (Å²) in [5.74, 6) is -0.579. The number of nitrogens with zero attached hydrogens (tertiary/aromatic N) is 3. The van der Waals surface area contributed by atoms with Crippen molar-refractivity contribution in [1.29, 1.82) is 0 Å². The van der Waals surface area contributed by atoms with E-state index in [0.29, 0.717) is 13.1 Å². The second-order valence-corrected chi connectivity index (χ2v) is 8.89. The summed E-state index contributed by atoms with van der Waals surface area (Å²) in [6.45, 7) is 2.61. The van der Waals surface area contributed by atoms with Crippen molar-refractivity contribution in [3.8, 4) is 0 Å². The normalized spacial score (nSPS) is 14.6. The van der Waals surface area contributed by atoms with Gasteiger partial charge in [0, 0.05) is 20.0 Å². The van der Waals surface area contributed by atoms with Crippen molar-refractivity contribution in [2.75, 3.05) is 23.1 Å². The molecule has 1 aromatic carbocycles. The van der Waals surface area contributed by atoms with E-state index in [1.54, 1.807) is 23.1 Å². The number of hydrogen-bond donors (Lipinski definition) is 2. The van der Waals surface area contributed by atoms with Crippen LogP contribution in [-0.2, 0) is 14.8 Å². The van der Waals surface area contributed by atoms with Crippen LogP contribution in [0.3, 0.4) is 0 Å². The molecule has 0 bridgehead atoms. The molecule has 0 aliphatic carbocycles. The van der Waals surface area contributed by atoms with Crippen LogP contribution in [-0.4, -0.2) is 48.4 Å². The quantitative estimate of drug-likeness (QED) is 0.728. The SMILES string of the molecule is CC(=O)Nc1nnc(S(=O)(=O)Nc2ccccc2C(=O)N2CCCCC2)s1. The lowest BCUT2D eigenvalue weighted by molar-refractivity contribution is -0.114. The first-order valence-corrected chi connectivity index (χ1v) is 10.7. The number of nitrogens with one attached hydrogen (secondary N) is 2. The lowest BCUT2D eigenvalue weighted by Gasteiger charge is -2.27. The molecule has 3 rings (SSSR count). The number of carbonyl (C=O) groups is 2. The van der Waals surface area contributed by atoms with Gasteiger partial charge in [-0.15, -0.1) is 10.2 Å². The molecule has 1 aliphatic rings. The molecule has 11 heteroatoms. The summed E-state index contributed by atoms with van der Waals surface area (Å²) in [5, 5.41) is 9.72. The summed E-state index contributed by atoms with van der Waals surface area (Å²) < 4.78 is 27.3. The first-order chi connectivity index (χ1) is 12.9. The highest BCUT2D eigenvalue weighted by atomic mass is 32.2. The fourth-order valence-corrected chi connectivity index (χ4v) is 4.76. The van der Waals surface area contributed by atoms with Crippen LogP contribution in [0.15, 0.2) is 28.6 Å². The Bertz CT molecular complexity index is 951. The average Bonchev–Trinajstić information content (AvgIpc) is 3.11. The number of rotatable bonds is 5. The number of aromatic nitrogens is 2. The molecule has 0 spiro atoms. The Morgan fingerprint density at radius 1 is 1.11 bits per heavy atom. The summed E-state index contributed by atoms with van der Waals surface area (Å²) >= 11 is 0.730. The second-order valence-electron chi connectivity index (χ2n) is 6.06. The minimum Gasteiger partial charge on any atom is -0.339 e. The van der Waals surface area contributed by atoms with Crippen LogP contribution in [0.25, 0.3) is 0 Å². The molecule has 0 unspecified atom stereocenters. The van der Waals surface area contributed by atoms with Gasteiger partial charge in [-0.05, 0) is 31.4 Å². The first kappa shape index (κ1) is 19.2. The monoisotopic (exact) mass is 409 g/mol. The van der Waals surface area contributed by atoms with E-state index in [0.717, 1.165) is 30.6 Å². The Labute approximate surface area is 160 Å². The van der Waals surface area contributed by atoms with E-state index < -0.39 is 10.0 Å². The third-order valence-electron chi connectivity index (χ3n) is 3.96. The van der Waals surface area contributed by atoms with Crippen LogP contribution in [0.2, 0.25) is 0 Å². The number of carbonyl (C=O) groups excluding carboxylic acids is 2. The lowest BCUT2D eigenvalue weighted by atomic mass is 10.1. The number of benzene rings is 1. The van der Waals surface area contributed by atoms with E-state index in [4.69, 9.17) is 0 Å². The maximum Gasteiger partial charge on any atom is 0.291 e. The summed E-state index contributed by atoms with van der Waals surface area (Å²) in [6.07, 6.45) is 2.97. The van der Waals surface area contributed by atoms with E-state index in [1.165, 1.54) is 13.0 Å². The second kappa shape index (κ2) is 8.01. The van der Waals surface area contributed by atoms with Gasteiger partial charge in [0.15, 0.2) is 0 Å². The topological polar surface area (TPSA) is 121 Å². The molecular formula is C16H19N5O4S2. The molecule has 1 fully saturated rings. The largest absolute Gasteiger partial charge is 0.339 e. The number of hydrogen-bond acceptors (Lipinski definition) is 7. The molecule has 9 nitrogen and oxygen atoms in total. The minimum atomic E-state index is -4.04. The number of anilines is 2. The van der Waals surface area contributed by atoms with E-state index in [2.05, 4.69) is 20.2 Å². The number of para-hydroxylation sites is 1. The highest BCUT2D eigenvalue weighted by Crippen LogP contribution is 2.25. The van der Waals surface area contributed by atoms with Gasteiger partial charge >= 0.3 is 0 Å². The van der Waals surface area contributed by atoms with Crippen LogP contribution in [0.1, 0.15) is 36.5 Å². The van der Waals surface area contributed by atoms with Crippen molar-refractivity contribution in [3.05, 3.63) is 29.8 Å². The number of amides is 2. The lowest BCUT2D eigenvalue weighted by Crippen LogP contribution is -2.36. The zero-order chi connectivity index (χ0) is 19.4. The first-order valence-electron chi connectivity index (χ1n) is 8.39. The summed E-state index contributed by atoms with van der Waals surface area (Å²) in [6, 6.07) is 6.46. The van der Waals surface area contributed by atoms with Gasteiger partial charge in [-0.1, -0.05) is 23.5 Å². The molecule has 1 aromatic heterocycles. The number of piperidine rings is 1. The van der Waals surface area contributed by atoms with Gasteiger partial charge < -0.3 is 10.2 Å². The van der Waals surface area contributed by atoms with E-state index in [-0.39, 0.29) is 32.5 Å². The van der Waals surface area contributed by atoms with Crippen molar-refractivity contribution in [2.45, 2.75) is 30.5 Å². The fraction of sp³-hybridized carbons (Fsp3) is 0.375. The zero-order valence-electron chi connectivity index (χ0n) is 14.6. The number of sulfonamides is 1. The third-order valence-corrected chi connectivity index (χ3v) is 6.54. The minimum absolute atomic E-state index is 0.0838. The van der Waals surface area contributed by atoms with Crippen LogP contribution >= 0.6 is 11.3 Å². The molecule has 0 saturated carbocycles. The number of likely N-dealkylation sites (tertiary alicyclic amines) is 1. The van der Waals surface area contributed by atoms with Crippen LogP contribution in [0, 0.1) is 0 Å². The predicted octanol–water partition coefficient (Wildman–Crippen LogP) is 1.92. The van der Waals surface area contributed by atoms with Gasteiger partial charge in [-0.3, -0.25) is 14.3 Å². The van der Waals surface area contributed by atoms with Crippen LogP contribution in [0.4, 0.5) is 10.8 Å². The molecule has 2 aromatic rings. The molecule has 0 radical (unpaired) electrons. The molecule has 0 atom stereocenters. The Morgan fingerprint density at radius 3 is 2.52 bits per heavy atom. The molecule has 1 saturated heterocycles. The Balaban J connectivity index is 1.83. The van der Waals surface area contributed by atoms with E-state index in [1.807, 2.05) is 0 Å². The fourth-order valence-electron chi connectivity index (χ4n) is 2.73. The molecule has 2 N–H and O–H groups in total. The van der Waals surface area contributed by atoms with Crippen LogP contribution in [0.5, 0.6) is 0 Å². The van der Waals surface area contributed by atoms with Gasteiger partial charge in [0.05, 0.1) is 11.3 Å². The van der Waals surface area contributed by atoms with Gasteiger partial charge in [-0.25, -0.2) is 0 Å². The Morgan fingerprint density at radius 2 is 1.81 bits per heavy atom. The maximum atomic E-state index is 12.8. The van der Waals surface area contributed by atoms with Crippen molar-refractivity contribution >= 4 is 44.0 Å². The highest BCUT2D eigenvalue weighted by Gasteiger charge is 2.25. The predicted molar refractivity (Wildman–Crippen MR) is 101 cm³/mol. The van der Waals surface area contributed by atoms with Crippen molar-refractivity contribution in [3.63, 3.8) is 0 Å². The van der Waals surface area contributed by atoms with Gasteiger partial charge in [0.2, 0.25) is 11.0 Å². The van der Waals surface area contributed by atoms with Crippen LogP contribution < -0.4 is 10.0 Å². The molecule has 144 valence electrons. The van der Waals surface area contributed by atoms with Gasteiger partial charge in [0.25, 0.3) is 20.3 Å². The smallest absolute Gasteiger partial charge is 0.291 e.